The largest absolute Gasteiger partial charge is 0.458 e. The zero-order chi connectivity index (χ0) is 27.7. The molecule has 1 aromatic heterocycles. The predicted octanol–water partition coefficient (Wildman–Crippen LogP) is 4.28. The Morgan fingerprint density at radius 2 is 2.00 bits per heavy atom. The number of ether oxygens (including phenoxy) is 3. The number of carbonyl (C=O) groups is 2. The molecule has 3 heterocycles. The second-order valence-electron chi connectivity index (χ2n) is 10.6. The summed E-state index contributed by atoms with van der Waals surface area (Å²) in [5.41, 5.74) is 0. The summed E-state index contributed by atoms with van der Waals surface area (Å²) in [6.45, 7) is 4.53. The van der Waals surface area contributed by atoms with Gasteiger partial charge in [-0.2, -0.15) is 5.10 Å². The van der Waals surface area contributed by atoms with Gasteiger partial charge in [-0.1, -0.05) is 23.7 Å². The molecule has 2 aromatic rings. The Morgan fingerprint density at radius 3 is 2.69 bits per heavy atom. The van der Waals surface area contributed by atoms with Crippen LogP contribution in [0.5, 0.6) is 5.75 Å². The maximum atomic E-state index is 13.9. The SMILES string of the molecule is CC1(C)OC[C@@H](Cn2ccc(NC(=O)C(CC3C[C@@H](F)[C@@H](F)C3)N3CC(Oc4ccccc4Cl)=CC3=O)n2)O1. The molecule has 0 radical (unpaired) electrons. The minimum Gasteiger partial charge on any atom is -0.458 e. The van der Waals surface area contributed by atoms with Crippen LogP contribution in [0.3, 0.4) is 0 Å². The topological polar surface area (TPSA) is 94.9 Å². The zero-order valence-corrected chi connectivity index (χ0v) is 22.4. The van der Waals surface area contributed by atoms with Crippen molar-refractivity contribution in [2.24, 2.45) is 5.92 Å². The summed E-state index contributed by atoms with van der Waals surface area (Å²) in [5, 5.41) is 7.54. The molecule has 9 nitrogen and oxygen atoms in total. The van der Waals surface area contributed by atoms with E-state index in [1.54, 1.807) is 41.2 Å². The van der Waals surface area contributed by atoms with Crippen LogP contribution in [0.2, 0.25) is 5.02 Å². The molecule has 210 valence electrons. The van der Waals surface area contributed by atoms with Gasteiger partial charge in [0, 0.05) is 18.3 Å². The highest BCUT2D eigenvalue weighted by atomic mass is 35.5. The first-order valence-corrected chi connectivity index (χ1v) is 13.3. The van der Waals surface area contributed by atoms with Gasteiger partial charge < -0.3 is 24.4 Å². The van der Waals surface area contributed by atoms with Gasteiger partial charge >= 0.3 is 0 Å². The number of amides is 2. The Morgan fingerprint density at radius 1 is 1.26 bits per heavy atom. The zero-order valence-electron chi connectivity index (χ0n) is 21.7. The normalized spacial score (nSPS) is 27.1. The maximum absolute atomic E-state index is 13.9. The fourth-order valence-corrected chi connectivity index (χ4v) is 5.39. The van der Waals surface area contributed by atoms with Crippen LogP contribution in [0.15, 0.2) is 48.4 Å². The molecule has 3 aliphatic rings. The molecule has 5 rings (SSSR count). The molecule has 0 spiro atoms. The lowest BCUT2D eigenvalue weighted by Crippen LogP contribution is -2.46. The molecule has 2 fully saturated rings. The molecule has 1 N–H and O–H groups in total. The van der Waals surface area contributed by atoms with Gasteiger partial charge in [-0.05, 0) is 51.2 Å². The van der Waals surface area contributed by atoms with E-state index in [2.05, 4.69) is 10.4 Å². The quantitative estimate of drug-likeness (QED) is 0.489. The minimum atomic E-state index is -1.58. The van der Waals surface area contributed by atoms with Gasteiger partial charge in [0.2, 0.25) is 5.91 Å². The summed E-state index contributed by atoms with van der Waals surface area (Å²) < 4.78 is 46.7. The lowest BCUT2D eigenvalue weighted by Gasteiger charge is -2.29. The summed E-state index contributed by atoms with van der Waals surface area (Å²) in [6, 6.07) is 7.48. The Bertz CT molecular complexity index is 1240. The van der Waals surface area contributed by atoms with Gasteiger partial charge in [0.05, 0.1) is 24.7 Å². The average Bonchev–Trinajstić information content (AvgIpc) is 3.63. The number of alkyl halides is 2. The first-order chi connectivity index (χ1) is 18.6. The number of rotatable bonds is 9. The summed E-state index contributed by atoms with van der Waals surface area (Å²) in [5.74, 6) is -1.01. The minimum absolute atomic E-state index is 0.00216. The van der Waals surface area contributed by atoms with E-state index in [4.69, 9.17) is 25.8 Å². The number of halogens is 3. The highest BCUT2D eigenvalue weighted by Gasteiger charge is 2.41. The number of nitrogens with one attached hydrogen (secondary N) is 1. The van der Waals surface area contributed by atoms with Crippen molar-refractivity contribution in [1.82, 2.24) is 14.7 Å². The molecule has 1 aromatic carbocycles. The third-order valence-corrected chi connectivity index (χ3v) is 7.38. The standard InChI is InChI=1S/C27H31ClF2N4O5/c1-27(2)37-15-18(39-27)13-33-8-7-24(32-33)31-26(36)22(11-16-9-20(29)21(30)10-16)34-14-17(12-25(34)35)38-23-6-4-3-5-19(23)28/h3-8,12,16,18,20-22H,9-11,13-15H2,1-2H3,(H,31,32,36)/t16?,18-,20-,21+,22?/m1/s1. The van der Waals surface area contributed by atoms with Crippen molar-refractivity contribution in [3.63, 3.8) is 0 Å². The van der Waals surface area contributed by atoms with Gasteiger partial charge in [0.1, 0.15) is 36.0 Å². The fraction of sp³-hybridized carbons (Fsp3) is 0.519. The van der Waals surface area contributed by atoms with Gasteiger partial charge in [0.25, 0.3) is 5.91 Å². The molecular weight excluding hydrogens is 534 g/mol. The molecule has 1 saturated carbocycles. The van der Waals surface area contributed by atoms with Crippen molar-refractivity contribution in [3.05, 3.63) is 53.4 Å². The lowest BCUT2D eigenvalue weighted by molar-refractivity contribution is -0.139. The van der Waals surface area contributed by atoms with Crippen LogP contribution in [-0.4, -0.2) is 69.9 Å². The average molecular weight is 565 g/mol. The summed E-state index contributed by atoms with van der Waals surface area (Å²) >= 11 is 6.18. The van der Waals surface area contributed by atoms with Crippen LogP contribution in [-0.2, 0) is 25.6 Å². The lowest BCUT2D eigenvalue weighted by atomic mass is 9.96. The molecule has 0 bridgehead atoms. The Labute approximate surface area is 230 Å². The van der Waals surface area contributed by atoms with Crippen LogP contribution in [0.1, 0.15) is 33.1 Å². The number of nitrogens with zero attached hydrogens (tertiary/aromatic N) is 3. The van der Waals surface area contributed by atoms with Crippen LogP contribution in [0.4, 0.5) is 14.6 Å². The molecule has 2 amide bonds. The molecule has 39 heavy (non-hydrogen) atoms. The van der Waals surface area contributed by atoms with E-state index >= 15 is 0 Å². The van der Waals surface area contributed by atoms with Crippen LogP contribution >= 0.6 is 11.6 Å². The first-order valence-electron chi connectivity index (χ1n) is 12.9. The van der Waals surface area contributed by atoms with E-state index in [0.29, 0.717) is 29.7 Å². The van der Waals surface area contributed by atoms with E-state index in [-0.39, 0.29) is 37.7 Å². The van der Waals surface area contributed by atoms with Crippen LogP contribution < -0.4 is 10.1 Å². The second-order valence-corrected chi connectivity index (χ2v) is 11.0. The molecule has 12 heteroatoms. The van der Waals surface area contributed by atoms with Crippen molar-refractivity contribution in [2.75, 3.05) is 18.5 Å². The molecule has 2 aliphatic heterocycles. The number of carbonyl (C=O) groups excluding carboxylic acids is 2. The van der Waals surface area contributed by atoms with Gasteiger partial charge in [-0.25, -0.2) is 8.78 Å². The van der Waals surface area contributed by atoms with Crippen molar-refractivity contribution < 1.29 is 32.6 Å². The first kappa shape index (κ1) is 27.5. The summed E-state index contributed by atoms with van der Waals surface area (Å²) in [4.78, 5) is 27.8. The smallest absolute Gasteiger partial charge is 0.251 e. The van der Waals surface area contributed by atoms with E-state index in [1.165, 1.54) is 11.0 Å². The van der Waals surface area contributed by atoms with E-state index in [0.717, 1.165) is 0 Å². The van der Waals surface area contributed by atoms with Crippen LogP contribution in [0, 0.1) is 5.92 Å². The van der Waals surface area contributed by atoms with Gasteiger partial charge in [-0.15, -0.1) is 0 Å². The fourth-order valence-electron chi connectivity index (χ4n) is 5.22. The Balaban J connectivity index is 1.27. The summed E-state index contributed by atoms with van der Waals surface area (Å²) in [6.07, 6.45) is -0.236. The third-order valence-electron chi connectivity index (χ3n) is 7.07. The van der Waals surface area contributed by atoms with E-state index < -0.39 is 41.9 Å². The van der Waals surface area contributed by atoms with Gasteiger partial charge in [-0.3, -0.25) is 14.3 Å². The highest BCUT2D eigenvalue weighted by molar-refractivity contribution is 6.32. The van der Waals surface area contributed by atoms with Crippen molar-refractivity contribution >= 4 is 29.2 Å². The van der Waals surface area contributed by atoms with Crippen molar-refractivity contribution in [3.8, 4) is 5.75 Å². The molecule has 1 saturated heterocycles. The molecular formula is C27H31ClF2N4O5. The van der Waals surface area contributed by atoms with E-state index in [9.17, 15) is 18.4 Å². The number of aromatic nitrogens is 2. The second kappa shape index (κ2) is 11.2. The van der Waals surface area contributed by atoms with Gasteiger partial charge in [0.15, 0.2) is 11.6 Å². The number of hydrogen-bond acceptors (Lipinski definition) is 6. The number of hydrogen-bond donors (Lipinski definition) is 1. The number of anilines is 1. The third kappa shape index (κ3) is 6.59. The van der Waals surface area contributed by atoms with Crippen molar-refractivity contribution in [1.29, 1.82) is 0 Å². The summed E-state index contributed by atoms with van der Waals surface area (Å²) in [7, 11) is 0. The Hall–Kier alpha value is -3.02. The van der Waals surface area contributed by atoms with Crippen molar-refractivity contribution in [2.45, 2.75) is 69.9 Å². The molecule has 1 aliphatic carbocycles. The maximum Gasteiger partial charge on any atom is 0.251 e. The number of para-hydroxylation sites is 1. The van der Waals surface area contributed by atoms with Crippen LogP contribution in [0.25, 0.3) is 0 Å². The highest BCUT2D eigenvalue weighted by Crippen LogP contribution is 2.36. The Kier molecular flexibility index (Phi) is 7.93. The monoisotopic (exact) mass is 564 g/mol. The molecule has 5 atom stereocenters. The molecule has 2 unspecified atom stereocenters. The predicted molar refractivity (Wildman–Crippen MR) is 139 cm³/mol. The van der Waals surface area contributed by atoms with E-state index in [1.807, 2.05) is 13.8 Å². The number of benzene rings is 1.